The van der Waals surface area contributed by atoms with Gasteiger partial charge in [0.1, 0.15) is 6.61 Å². The van der Waals surface area contributed by atoms with Crippen molar-refractivity contribution < 1.29 is 9.13 Å². The van der Waals surface area contributed by atoms with Crippen LogP contribution < -0.4 is 10.5 Å². The van der Waals surface area contributed by atoms with Gasteiger partial charge in [-0.05, 0) is 29.2 Å². The average molecular weight is 273 g/mol. The van der Waals surface area contributed by atoms with Gasteiger partial charge < -0.3 is 10.5 Å². The zero-order valence-corrected chi connectivity index (χ0v) is 11.8. The van der Waals surface area contributed by atoms with E-state index >= 15 is 0 Å². The predicted octanol–water partition coefficient (Wildman–Crippen LogP) is 4.03. The van der Waals surface area contributed by atoms with Crippen molar-refractivity contribution in [2.75, 3.05) is 6.61 Å². The summed E-state index contributed by atoms with van der Waals surface area (Å²) in [4.78, 5) is 0. The van der Waals surface area contributed by atoms with Gasteiger partial charge in [0.2, 0.25) is 0 Å². The molecule has 0 bridgehead atoms. The first kappa shape index (κ1) is 14.5. The Bertz CT molecular complexity index is 551. The van der Waals surface area contributed by atoms with Crippen LogP contribution in [0.15, 0.2) is 48.5 Å². The summed E-state index contributed by atoms with van der Waals surface area (Å²) in [5, 5.41) is 0. The molecule has 2 rings (SSSR count). The molecule has 1 atom stereocenters. The minimum Gasteiger partial charge on any atom is -0.489 e. The van der Waals surface area contributed by atoms with Crippen LogP contribution in [0.25, 0.3) is 0 Å². The molecule has 0 fully saturated rings. The normalized spacial score (nSPS) is 12.4. The minimum absolute atomic E-state index is 0.238. The Morgan fingerprint density at radius 3 is 2.20 bits per heavy atom. The summed E-state index contributed by atoms with van der Waals surface area (Å²) < 4.78 is 18.8. The lowest BCUT2D eigenvalue weighted by molar-refractivity contribution is 0.277. The highest BCUT2D eigenvalue weighted by molar-refractivity contribution is 5.27. The van der Waals surface area contributed by atoms with E-state index in [2.05, 4.69) is 26.0 Å². The maximum absolute atomic E-state index is 13.4. The van der Waals surface area contributed by atoms with Crippen LogP contribution in [0, 0.1) is 5.82 Å². The quantitative estimate of drug-likeness (QED) is 0.892. The van der Waals surface area contributed by atoms with Gasteiger partial charge in [-0.2, -0.15) is 0 Å². The maximum atomic E-state index is 13.4. The van der Waals surface area contributed by atoms with Gasteiger partial charge in [0.05, 0.1) is 6.04 Å². The van der Waals surface area contributed by atoms with E-state index < -0.39 is 0 Å². The molecule has 2 N–H and O–H groups in total. The Morgan fingerprint density at radius 1 is 1.00 bits per heavy atom. The molecule has 2 aromatic rings. The second-order valence-corrected chi connectivity index (χ2v) is 5.17. The van der Waals surface area contributed by atoms with Crippen molar-refractivity contribution in [1.82, 2.24) is 0 Å². The summed E-state index contributed by atoms with van der Waals surface area (Å²) in [6.07, 6.45) is 0. The largest absolute Gasteiger partial charge is 0.489 e. The fraction of sp³-hybridized carbons (Fsp3) is 0.294. The zero-order valence-electron chi connectivity index (χ0n) is 11.8. The third-order valence-corrected chi connectivity index (χ3v) is 3.29. The topological polar surface area (TPSA) is 35.2 Å². The standard InChI is InChI=1S/C17H20FNO/c1-12(2)13-7-9-14(10-8-13)16(19)11-20-17-6-4-3-5-15(17)18/h3-10,12,16H,11,19H2,1-2H3. The Kier molecular flexibility index (Phi) is 4.74. The molecule has 20 heavy (non-hydrogen) atoms. The maximum Gasteiger partial charge on any atom is 0.165 e. The van der Waals surface area contributed by atoms with Crippen molar-refractivity contribution in [3.05, 3.63) is 65.5 Å². The third-order valence-electron chi connectivity index (χ3n) is 3.29. The smallest absolute Gasteiger partial charge is 0.165 e. The highest BCUT2D eigenvalue weighted by atomic mass is 19.1. The number of hydrogen-bond donors (Lipinski definition) is 1. The van der Waals surface area contributed by atoms with Gasteiger partial charge in [-0.25, -0.2) is 4.39 Å². The molecule has 0 spiro atoms. The van der Waals surface area contributed by atoms with Gasteiger partial charge >= 0.3 is 0 Å². The minimum atomic E-state index is -0.366. The number of hydrogen-bond acceptors (Lipinski definition) is 2. The summed E-state index contributed by atoms with van der Waals surface area (Å²) in [7, 11) is 0. The molecule has 106 valence electrons. The summed E-state index contributed by atoms with van der Waals surface area (Å²) in [5.74, 6) is 0.367. The predicted molar refractivity (Wildman–Crippen MR) is 79.4 cm³/mol. The van der Waals surface area contributed by atoms with Gasteiger partial charge in [0.15, 0.2) is 11.6 Å². The first-order valence-electron chi connectivity index (χ1n) is 6.80. The van der Waals surface area contributed by atoms with Gasteiger partial charge in [-0.15, -0.1) is 0 Å². The van der Waals surface area contributed by atoms with E-state index in [0.29, 0.717) is 5.92 Å². The number of benzene rings is 2. The fourth-order valence-electron chi connectivity index (χ4n) is 1.97. The second-order valence-electron chi connectivity index (χ2n) is 5.17. The number of nitrogens with two attached hydrogens (primary N) is 1. The monoisotopic (exact) mass is 273 g/mol. The van der Waals surface area contributed by atoms with E-state index in [-0.39, 0.29) is 24.2 Å². The highest BCUT2D eigenvalue weighted by Gasteiger charge is 2.09. The molecule has 0 aromatic heterocycles. The summed E-state index contributed by atoms with van der Waals surface area (Å²) in [6.45, 7) is 4.55. The summed E-state index contributed by atoms with van der Waals surface area (Å²) in [6, 6.07) is 14.2. The van der Waals surface area contributed by atoms with Crippen LogP contribution in [0.3, 0.4) is 0 Å². The van der Waals surface area contributed by atoms with Gasteiger partial charge in [0, 0.05) is 0 Å². The summed E-state index contributed by atoms with van der Waals surface area (Å²) >= 11 is 0. The van der Waals surface area contributed by atoms with Crippen LogP contribution in [0.5, 0.6) is 5.75 Å². The van der Waals surface area contributed by atoms with E-state index in [1.807, 2.05) is 12.1 Å². The molecular formula is C17H20FNO. The van der Waals surface area contributed by atoms with Crippen LogP contribution in [0.4, 0.5) is 4.39 Å². The van der Waals surface area contributed by atoms with Gasteiger partial charge in [-0.1, -0.05) is 50.2 Å². The molecule has 0 saturated heterocycles. The molecule has 0 aliphatic rings. The molecule has 2 aromatic carbocycles. The van der Waals surface area contributed by atoms with Crippen LogP contribution in [0.2, 0.25) is 0 Å². The Hall–Kier alpha value is -1.87. The van der Waals surface area contributed by atoms with Gasteiger partial charge in [0.25, 0.3) is 0 Å². The number of ether oxygens (including phenoxy) is 1. The fourth-order valence-corrected chi connectivity index (χ4v) is 1.97. The molecule has 2 nitrogen and oxygen atoms in total. The van der Waals surface area contributed by atoms with E-state index in [4.69, 9.17) is 10.5 Å². The Balaban J connectivity index is 1.98. The van der Waals surface area contributed by atoms with Crippen molar-refractivity contribution in [3.8, 4) is 5.75 Å². The van der Waals surface area contributed by atoms with Crippen LogP contribution in [0.1, 0.15) is 36.9 Å². The van der Waals surface area contributed by atoms with E-state index in [1.54, 1.807) is 18.2 Å². The average Bonchev–Trinajstić information content (AvgIpc) is 2.46. The zero-order chi connectivity index (χ0) is 14.5. The van der Waals surface area contributed by atoms with Crippen molar-refractivity contribution in [2.45, 2.75) is 25.8 Å². The SMILES string of the molecule is CC(C)c1ccc(C(N)COc2ccccc2F)cc1. The third kappa shape index (κ3) is 3.58. The Labute approximate surface area is 119 Å². The molecule has 3 heteroatoms. The molecule has 0 aliphatic carbocycles. The molecule has 0 amide bonds. The lowest BCUT2D eigenvalue weighted by Gasteiger charge is -2.15. The van der Waals surface area contributed by atoms with Crippen LogP contribution >= 0.6 is 0 Å². The van der Waals surface area contributed by atoms with Crippen molar-refractivity contribution in [3.63, 3.8) is 0 Å². The Morgan fingerprint density at radius 2 is 1.60 bits per heavy atom. The number of para-hydroxylation sites is 1. The lowest BCUT2D eigenvalue weighted by atomic mass is 10.00. The molecule has 0 saturated carbocycles. The second kappa shape index (κ2) is 6.53. The van der Waals surface area contributed by atoms with Crippen molar-refractivity contribution in [2.24, 2.45) is 5.73 Å². The van der Waals surface area contributed by atoms with E-state index in [9.17, 15) is 4.39 Å². The van der Waals surface area contributed by atoms with E-state index in [0.717, 1.165) is 5.56 Å². The van der Waals surface area contributed by atoms with E-state index in [1.165, 1.54) is 11.6 Å². The first-order valence-corrected chi connectivity index (χ1v) is 6.80. The van der Waals surface area contributed by atoms with Crippen LogP contribution in [-0.2, 0) is 0 Å². The van der Waals surface area contributed by atoms with Gasteiger partial charge in [-0.3, -0.25) is 0 Å². The lowest BCUT2D eigenvalue weighted by Crippen LogP contribution is -2.19. The van der Waals surface area contributed by atoms with Crippen molar-refractivity contribution in [1.29, 1.82) is 0 Å². The molecule has 1 unspecified atom stereocenters. The first-order chi connectivity index (χ1) is 9.58. The molecule has 0 heterocycles. The highest BCUT2D eigenvalue weighted by Crippen LogP contribution is 2.20. The molecule has 0 radical (unpaired) electrons. The molecular weight excluding hydrogens is 253 g/mol. The summed E-state index contributed by atoms with van der Waals surface area (Å²) in [5.41, 5.74) is 8.34. The number of halogens is 1. The van der Waals surface area contributed by atoms with Crippen LogP contribution in [-0.4, -0.2) is 6.61 Å². The number of rotatable bonds is 5. The van der Waals surface area contributed by atoms with Crippen molar-refractivity contribution >= 4 is 0 Å². The molecule has 0 aliphatic heterocycles.